The van der Waals surface area contributed by atoms with Crippen molar-refractivity contribution in [2.24, 2.45) is 13.0 Å². The molecule has 0 bridgehead atoms. The second-order valence-electron chi connectivity index (χ2n) is 6.95. The molecular weight excluding hydrogens is 284 g/mol. The lowest BCUT2D eigenvalue weighted by atomic mass is 9.81. The van der Waals surface area contributed by atoms with E-state index < -0.39 is 0 Å². The number of hydrogen-bond acceptors (Lipinski definition) is 2. The molecule has 3 nitrogen and oxygen atoms in total. The molecule has 1 heterocycles. The van der Waals surface area contributed by atoms with Crippen LogP contribution in [0.1, 0.15) is 96.2 Å². The van der Waals surface area contributed by atoms with E-state index in [1.807, 2.05) is 6.07 Å². The second-order valence-corrected chi connectivity index (χ2v) is 6.95. The predicted octanol–water partition coefficient (Wildman–Crippen LogP) is 5.22. The number of hydrogen-bond donors (Lipinski definition) is 0. The average Bonchev–Trinajstić information content (AvgIpc) is 2.55. The first kappa shape index (κ1) is 19.9. The minimum atomic E-state index is 0.0192. The van der Waals surface area contributed by atoms with Gasteiger partial charge in [0.1, 0.15) is 0 Å². The number of unbranched alkanes of at least 4 members (excludes halogenated alkanes) is 3. The zero-order chi connectivity index (χ0) is 17.2. The van der Waals surface area contributed by atoms with Gasteiger partial charge in [0.2, 0.25) is 0 Å². The van der Waals surface area contributed by atoms with Gasteiger partial charge in [0, 0.05) is 19.0 Å². The van der Waals surface area contributed by atoms with Crippen LogP contribution in [-0.4, -0.2) is 9.78 Å². The molecule has 0 aliphatic heterocycles. The Labute approximate surface area is 142 Å². The fourth-order valence-electron chi connectivity index (χ4n) is 3.34. The van der Waals surface area contributed by atoms with Crippen molar-refractivity contribution in [1.82, 2.24) is 9.78 Å². The maximum Gasteiger partial charge on any atom is 0.266 e. The molecule has 0 fully saturated rings. The Hall–Kier alpha value is -1.12. The molecule has 1 atom stereocenters. The minimum Gasteiger partial charge on any atom is -0.268 e. The van der Waals surface area contributed by atoms with Gasteiger partial charge in [-0.3, -0.25) is 4.79 Å². The molecule has 3 heteroatoms. The molecule has 0 saturated heterocycles. The lowest BCUT2D eigenvalue weighted by Crippen LogP contribution is -2.25. The van der Waals surface area contributed by atoms with E-state index in [4.69, 9.17) is 0 Å². The first-order chi connectivity index (χ1) is 11.0. The molecule has 0 aliphatic carbocycles. The van der Waals surface area contributed by atoms with Gasteiger partial charge in [0.25, 0.3) is 5.56 Å². The Balaban J connectivity index is 3.06. The van der Waals surface area contributed by atoms with E-state index in [0.717, 1.165) is 25.0 Å². The molecule has 1 aromatic heterocycles. The highest BCUT2D eigenvalue weighted by Gasteiger charge is 2.22. The lowest BCUT2D eigenvalue weighted by Gasteiger charge is -2.25. The molecule has 0 radical (unpaired) electrons. The maximum absolute atomic E-state index is 12.0. The highest BCUT2D eigenvalue weighted by Crippen LogP contribution is 2.32. The molecule has 0 N–H and O–H groups in total. The van der Waals surface area contributed by atoms with Crippen molar-refractivity contribution in [1.29, 1.82) is 0 Å². The zero-order valence-corrected chi connectivity index (χ0v) is 15.9. The van der Waals surface area contributed by atoms with Crippen molar-refractivity contribution in [2.75, 3.05) is 0 Å². The molecule has 1 aromatic rings. The molecule has 0 spiro atoms. The average molecular weight is 321 g/mol. The zero-order valence-electron chi connectivity index (χ0n) is 15.9. The highest BCUT2D eigenvalue weighted by molar-refractivity contribution is 5.22. The van der Waals surface area contributed by atoms with Crippen molar-refractivity contribution in [3.05, 3.63) is 27.7 Å². The van der Waals surface area contributed by atoms with E-state index in [1.165, 1.54) is 48.8 Å². The van der Waals surface area contributed by atoms with Gasteiger partial charge in [0.05, 0.1) is 5.69 Å². The summed E-state index contributed by atoms with van der Waals surface area (Å²) in [7, 11) is 1.77. The summed E-state index contributed by atoms with van der Waals surface area (Å²) < 4.78 is 1.51. The van der Waals surface area contributed by atoms with Crippen LogP contribution < -0.4 is 5.56 Å². The smallest absolute Gasteiger partial charge is 0.266 e. The van der Waals surface area contributed by atoms with E-state index in [9.17, 15) is 4.79 Å². The standard InChI is InChI=1S/C20H36N2O/c1-6-9-12-17(13-10-7-2)16(4)20-18(14-11-8-3)15-19(23)22(5)21-20/h15-17H,6-14H2,1-5H3. The SMILES string of the molecule is CCCCc1cc(=O)n(C)nc1C(C)C(CCCC)CCCC. The Morgan fingerprint density at radius 3 is 2.13 bits per heavy atom. The molecule has 132 valence electrons. The number of aryl methyl sites for hydroxylation is 2. The van der Waals surface area contributed by atoms with Crippen molar-refractivity contribution < 1.29 is 0 Å². The van der Waals surface area contributed by atoms with Crippen LogP contribution in [0.5, 0.6) is 0 Å². The minimum absolute atomic E-state index is 0.0192. The lowest BCUT2D eigenvalue weighted by molar-refractivity contribution is 0.354. The Bertz CT molecular complexity index is 499. The molecule has 23 heavy (non-hydrogen) atoms. The fraction of sp³-hybridized carbons (Fsp3) is 0.800. The normalized spacial score (nSPS) is 12.8. The van der Waals surface area contributed by atoms with Crippen LogP contribution in [0.25, 0.3) is 0 Å². The largest absolute Gasteiger partial charge is 0.268 e. The topological polar surface area (TPSA) is 34.9 Å². The van der Waals surface area contributed by atoms with Gasteiger partial charge in [0.15, 0.2) is 0 Å². The van der Waals surface area contributed by atoms with Gasteiger partial charge in [-0.25, -0.2) is 4.68 Å². The first-order valence-corrected chi connectivity index (χ1v) is 9.62. The summed E-state index contributed by atoms with van der Waals surface area (Å²) in [5.41, 5.74) is 2.36. The number of nitrogens with zero attached hydrogens (tertiary/aromatic N) is 2. The van der Waals surface area contributed by atoms with E-state index in [1.54, 1.807) is 7.05 Å². The maximum atomic E-state index is 12.0. The third-order valence-corrected chi connectivity index (χ3v) is 5.00. The number of aromatic nitrogens is 2. The highest BCUT2D eigenvalue weighted by atomic mass is 16.1. The summed E-state index contributed by atoms with van der Waals surface area (Å²) in [5, 5.41) is 4.67. The quantitative estimate of drug-likeness (QED) is 0.560. The summed E-state index contributed by atoms with van der Waals surface area (Å²) in [6.07, 6.45) is 10.9. The van der Waals surface area contributed by atoms with Crippen molar-refractivity contribution in [3.63, 3.8) is 0 Å². The molecule has 0 aromatic carbocycles. The van der Waals surface area contributed by atoms with Gasteiger partial charge in [-0.2, -0.15) is 5.10 Å². The Morgan fingerprint density at radius 2 is 1.61 bits per heavy atom. The molecule has 0 saturated carbocycles. The summed E-state index contributed by atoms with van der Waals surface area (Å²) in [4.78, 5) is 12.0. The van der Waals surface area contributed by atoms with Gasteiger partial charge in [-0.1, -0.05) is 59.8 Å². The predicted molar refractivity (Wildman–Crippen MR) is 99.0 cm³/mol. The van der Waals surface area contributed by atoms with Crippen molar-refractivity contribution >= 4 is 0 Å². The van der Waals surface area contributed by atoms with Crippen LogP contribution in [-0.2, 0) is 13.5 Å². The van der Waals surface area contributed by atoms with Crippen LogP contribution in [0.4, 0.5) is 0 Å². The van der Waals surface area contributed by atoms with Crippen molar-refractivity contribution in [2.45, 2.75) is 91.4 Å². The van der Waals surface area contributed by atoms with Crippen LogP contribution in [0.2, 0.25) is 0 Å². The summed E-state index contributed by atoms with van der Waals surface area (Å²) >= 11 is 0. The van der Waals surface area contributed by atoms with E-state index >= 15 is 0 Å². The molecule has 0 amide bonds. The molecule has 1 rings (SSSR count). The second kappa shape index (κ2) is 10.6. The molecular formula is C20H36N2O. The third-order valence-electron chi connectivity index (χ3n) is 5.00. The monoisotopic (exact) mass is 320 g/mol. The third kappa shape index (κ3) is 6.12. The molecule has 1 unspecified atom stereocenters. The number of rotatable bonds is 11. The summed E-state index contributed by atoms with van der Waals surface area (Å²) in [6, 6.07) is 1.82. The first-order valence-electron chi connectivity index (χ1n) is 9.62. The summed E-state index contributed by atoms with van der Waals surface area (Å²) in [5.74, 6) is 1.12. The van der Waals surface area contributed by atoms with Crippen LogP contribution in [0.15, 0.2) is 10.9 Å². The van der Waals surface area contributed by atoms with E-state index in [-0.39, 0.29) is 5.56 Å². The van der Waals surface area contributed by atoms with Gasteiger partial charge in [-0.05, 0) is 37.2 Å². The van der Waals surface area contributed by atoms with Crippen LogP contribution in [0, 0.1) is 5.92 Å². The van der Waals surface area contributed by atoms with Crippen LogP contribution >= 0.6 is 0 Å². The van der Waals surface area contributed by atoms with Gasteiger partial charge in [-0.15, -0.1) is 0 Å². The van der Waals surface area contributed by atoms with Gasteiger partial charge < -0.3 is 0 Å². The van der Waals surface area contributed by atoms with Crippen molar-refractivity contribution in [3.8, 4) is 0 Å². The summed E-state index contributed by atoms with van der Waals surface area (Å²) in [6.45, 7) is 9.04. The Morgan fingerprint density at radius 1 is 1.04 bits per heavy atom. The van der Waals surface area contributed by atoms with Gasteiger partial charge >= 0.3 is 0 Å². The van der Waals surface area contributed by atoms with E-state index in [0.29, 0.717) is 11.8 Å². The van der Waals surface area contributed by atoms with Crippen LogP contribution in [0.3, 0.4) is 0 Å². The van der Waals surface area contributed by atoms with E-state index in [2.05, 4.69) is 32.8 Å². The molecule has 0 aliphatic rings. The fourth-order valence-corrected chi connectivity index (χ4v) is 3.34. The Kier molecular flexibility index (Phi) is 9.20.